The van der Waals surface area contributed by atoms with Crippen LogP contribution in [0.3, 0.4) is 0 Å². The normalized spacial score (nSPS) is 14.8. The molecule has 5 nitrogen and oxygen atoms in total. The summed E-state index contributed by atoms with van der Waals surface area (Å²) in [7, 11) is 0. The van der Waals surface area contributed by atoms with Crippen molar-refractivity contribution in [2.24, 2.45) is 0 Å². The Kier molecular flexibility index (Phi) is 5.65. The number of carboxylic acid groups (broad SMARTS) is 1. The SMILES string of the molecule is CCC(CC(=O)O)c1ccc(Cl)c2nc3n(c12)CCCN3c1ccc(Cl)cc1Cl. The first-order chi connectivity index (χ1) is 13.9. The zero-order valence-electron chi connectivity index (χ0n) is 15.8. The Labute approximate surface area is 183 Å². The highest BCUT2D eigenvalue weighted by Crippen LogP contribution is 2.41. The Morgan fingerprint density at radius 2 is 1.97 bits per heavy atom. The average molecular weight is 453 g/mol. The summed E-state index contributed by atoms with van der Waals surface area (Å²) in [6.45, 7) is 3.55. The van der Waals surface area contributed by atoms with Crippen molar-refractivity contribution in [1.82, 2.24) is 9.55 Å². The summed E-state index contributed by atoms with van der Waals surface area (Å²) in [6.07, 6.45) is 1.69. The summed E-state index contributed by atoms with van der Waals surface area (Å²) in [5.74, 6) is -0.162. The van der Waals surface area contributed by atoms with Crippen LogP contribution in [0.25, 0.3) is 11.0 Å². The van der Waals surface area contributed by atoms with Crippen LogP contribution in [0.4, 0.5) is 11.6 Å². The number of halogens is 3. The number of hydrogen-bond acceptors (Lipinski definition) is 3. The van der Waals surface area contributed by atoms with E-state index in [4.69, 9.17) is 39.8 Å². The molecule has 1 N–H and O–H groups in total. The molecule has 1 atom stereocenters. The molecule has 3 aromatic rings. The first-order valence-electron chi connectivity index (χ1n) is 9.53. The maximum Gasteiger partial charge on any atom is 0.303 e. The van der Waals surface area contributed by atoms with E-state index in [1.54, 1.807) is 6.07 Å². The fraction of sp³-hybridized carbons (Fsp3) is 0.333. The number of anilines is 2. The van der Waals surface area contributed by atoms with Crippen LogP contribution in [-0.2, 0) is 11.3 Å². The maximum atomic E-state index is 11.4. The van der Waals surface area contributed by atoms with Crippen LogP contribution in [-0.4, -0.2) is 27.2 Å². The third-order valence-corrected chi connectivity index (χ3v) is 6.26. The number of rotatable bonds is 5. The highest BCUT2D eigenvalue weighted by molar-refractivity contribution is 6.36. The molecule has 4 rings (SSSR count). The molecule has 2 heterocycles. The number of imidazole rings is 1. The standard InChI is InChI=1S/C21H20Cl3N3O2/c1-2-12(10-18(28)29)14-5-6-15(23)19-20(14)27-9-3-8-26(21(27)25-19)17-7-4-13(22)11-16(17)24/h4-7,11-12H,2-3,8-10H2,1H3,(H,28,29). The third kappa shape index (κ3) is 3.67. The van der Waals surface area contributed by atoms with E-state index < -0.39 is 5.97 Å². The van der Waals surface area contributed by atoms with Gasteiger partial charge in [-0.15, -0.1) is 0 Å². The lowest BCUT2D eigenvalue weighted by Gasteiger charge is -2.30. The molecular weight excluding hydrogens is 433 g/mol. The Morgan fingerprint density at radius 1 is 1.17 bits per heavy atom. The van der Waals surface area contributed by atoms with Gasteiger partial charge in [0, 0.05) is 18.1 Å². The number of aryl methyl sites for hydroxylation is 1. The van der Waals surface area contributed by atoms with Crippen molar-refractivity contribution in [1.29, 1.82) is 0 Å². The predicted octanol–water partition coefficient (Wildman–Crippen LogP) is 6.51. The summed E-state index contributed by atoms with van der Waals surface area (Å²) in [5, 5.41) is 11.0. The molecule has 29 heavy (non-hydrogen) atoms. The minimum Gasteiger partial charge on any atom is -0.481 e. The van der Waals surface area contributed by atoms with E-state index in [0.29, 0.717) is 20.6 Å². The lowest BCUT2D eigenvalue weighted by Crippen LogP contribution is -2.28. The summed E-state index contributed by atoms with van der Waals surface area (Å²) in [6, 6.07) is 9.16. The van der Waals surface area contributed by atoms with Crippen molar-refractivity contribution in [2.45, 2.75) is 38.6 Å². The quantitative estimate of drug-likeness (QED) is 0.479. The van der Waals surface area contributed by atoms with Gasteiger partial charge in [0.15, 0.2) is 0 Å². The Balaban J connectivity index is 1.91. The highest BCUT2D eigenvalue weighted by atomic mass is 35.5. The van der Waals surface area contributed by atoms with E-state index in [1.807, 2.05) is 31.2 Å². The number of nitrogens with zero attached hydrogens (tertiary/aromatic N) is 3. The van der Waals surface area contributed by atoms with Gasteiger partial charge in [0.05, 0.1) is 27.7 Å². The van der Waals surface area contributed by atoms with E-state index in [2.05, 4.69) is 9.47 Å². The minimum atomic E-state index is -0.812. The van der Waals surface area contributed by atoms with E-state index in [1.165, 1.54) is 0 Å². The molecule has 0 radical (unpaired) electrons. The number of aliphatic carboxylic acids is 1. The zero-order valence-corrected chi connectivity index (χ0v) is 18.1. The molecule has 0 saturated heterocycles. The van der Waals surface area contributed by atoms with E-state index in [9.17, 15) is 9.90 Å². The van der Waals surface area contributed by atoms with Gasteiger partial charge in [-0.3, -0.25) is 4.79 Å². The number of benzene rings is 2. The molecule has 0 amide bonds. The van der Waals surface area contributed by atoms with Crippen LogP contribution >= 0.6 is 34.8 Å². The van der Waals surface area contributed by atoms with Gasteiger partial charge >= 0.3 is 5.97 Å². The highest BCUT2D eigenvalue weighted by Gasteiger charge is 2.28. The Morgan fingerprint density at radius 3 is 2.66 bits per heavy atom. The zero-order chi connectivity index (χ0) is 20.7. The van der Waals surface area contributed by atoms with Gasteiger partial charge in [0.25, 0.3) is 0 Å². The van der Waals surface area contributed by atoms with Crippen molar-refractivity contribution < 1.29 is 9.90 Å². The second-order valence-corrected chi connectivity index (χ2v) is 8.45. The summed E-state index contributed by atoms with van der Waals surface area (Å²) in [4.78, 5) is 18.3. The van der Waals surface area contributed by atoms with Crippen molar-refractivity contribution in [2.75, 3.05) is 11.4 Å². The summed E-state index contributed by atoms with van der Waals surface area (Å²) in [5.41, 5.74) is 3.41. The molecule has 0 spiro atoms. The molecular formula is C21H20Cl3N3O2. The van der Waals surface area contributed by atoms with Crippen molar-refractivity contribution in [3.63, 3.8) is 0 Å². The fourth-order valence-electron chi connectivity index (χ4n) is 4.07. The molecule has 0 saturated carbocycles. The monoisotopic (exact) mass is 451 g/mol. The van der Waals surface area contributed by atoms with Crippen LogP contribution in [0, 0.1) is 0 Å². The molecule has 1 aliphatic heterocycles. The molecule has 1 aromatic heterocycles. The molecule has 2 aromatic carbocycles. The molecule has 1 aliphatic rings. The summed E-state index contributed by atoms with van der Waals surface area (Å²) < 4.78 is 2.13. The van der Waals surface area contributed by atoms with Gasteiger partial charge in [-0.2, -0.15) is 0 Å². The van der Waals surface area contributed by atoms with Gasteiger partial charge in [0.1, 0.15) is 5.52 Å². The van der Waals surface area contributed by atoms with Crippen LogP contribution in [0.2, 0.25) is 15.1 Å². The van der Waals surface area contributed by atoms with Crippen LogP contribution in [0.1, 0.15) is 37.7 Å². The Bertz CT molecular complexity index is 1100. The van der Waals surface area contributed by atoms with Crippen molar-refractivity contribution >= 4 is 63.4 Å². The van der Waals surface area contributed by atoms with Gasteiger partial charge in [-0.1, -0.05) is 47.8 Å². The number of carboxylic acids is 1. The first-order valence-corrected chi connectivity index (χ1v) is 10.7. The third-order valence-electron chi connectivity index (χ3n) is 5.42. The maximum absolute atomic E-state index is 11.4. The second-order valence-electron chi connectivity index (χ2n) is 7.20. The molecule has 0 fully saturated rings. The largest absolute Gasteiger partial charge is 0.481 e. The van der Waals surface area contributed by atoms with Crippen LogP contribution < -0.4 is 4.90 Å². The van der Waals surface area contributed by atoms with Crippen LogP contribution in [0.5, 0.6) is 0 Å². The van der Waals surface area contributed by atoms with Crippen molar-refractivity contribution in [3.8, 4) is 0 Å². The topological polar surface area (TPSA) is 58.4 Å². The Hall–Kier alpha value is -1.95. The first kappa shape index (κ1) is 20.3. The average Bonchev–Trinajstić information content (AvgIpc) is 3.08. The van der Waals surface area contributed by atoms with E-state index in [0.717, 1.165) is 48.6 Å². The lowest BCUT2D eigenvalue weighted by molar-refractivity contribution is -0.137. The number of carbonyl (C=O) groups is 1. The number of fused-ring (bicyclic) bond motifs is 3. The predicted molar refractivity (Wildman–Crippen MR) is 118 cm³/mol. The lowest BCUT2D eigenvalue weighted by atomic mass is 9.92. The minimum absolute atomic E-state index is 0.0699. The van der Waals surface area contributed by atoms with Crippen molar-refractivity contribution in [3.05, 3.63) is 51.0 Å². The van der Waals surface area contributed by atoms with Gasteiger partial charge in [0.2, 0.25) is 5.95 Å². The van der Waals surface area contributed by atoms with Crippen LogP contribution in [0.15, 0.2) is 30.3 Å². The van der Waals surface area contributed by atoms with Gasteiger partial charge < -0.3 is 14.6 Å². The van der Waals surface area contributed by atoms with E-state index >= 15 is 0 Å². The number of hydrogen-bond donors (Lipinski definition) is 1. The molecule has 152 valence electrons. The molecule has 8 heteroatoms. The fourth-order valence-corrected chi connectivity index (χ4v) is 4.77. The molecule has 0 aliphatic carbocycles. The van der Waals surface area contributed by atoms with E-state index in [-0.39, 0.29) is 12.3 Å². The van der Waals surface area contributed by atoms with Gasteiger partial charge in [-0.25, -0.2) is 4.98 Å². The molecule has 1 unspecified atom stereocenters. The van der Waals surface area contributed by atoms with Gasteiger partial charge in [-0.05, 0) is 48.6 Å². The second kappa shape index (κ2) is 8.05. The summed E-state index contributed by atoms with van der Waals surface area (Å²) >= 11 is 19.0. The molecule has 0 bridgehead atoms. The number of aromatic nitrogens is 2. The smallest absolute Gasteiger partial charge is 0.303 e.